The van der Waals surface area contributed by atoms with E-state index in [1.165, 1.54) is 11.4 Å². The zero-order chi connectivity index (χ0) is 16.0. The van der Waals surface area contributed by atoms with E-state index in [4.69, 9.17) is 9.26 Å². The van der Waals surface area contributed by atoms with Crippen LogP contribution in [0.1, 0.15) is 43.8 Å². The number of nitrogens with zero attached hydrogens (tertiary/aromatic N) is 3. The first kappa shape index (κ1) is 15.9. The maximum Gasteiger partial charge on any atom is 0.260 e. The van der Waals surface area contributed by atoms with Gasteiger partial charge in [-0.15, -0.1) is 0 Å². The minimum Gasteiger partial charge on any atom is -0.383 e. The van der Waals surface area contributed by atoms with Gasteiger partial charge in [0.1, 0.15) is 0 Å². The summed E-state index contributed by atoms with van der Waals surface area (Å²) in [6.45, 7) is 1.88. The predicted molar refractivity (Wildman–Crippen MR) is 76.6 cm³/mol. The molecule has 9 heteroatoms. The lowest BCUT2D eigenvalue weighted by molar-refractivity contribution is 0.0193. The van der Waals surface area contributed by atoms with Gasteiger partial charge in [-0.3, -0.25) is 0 Å². The van der Waals surface area contributed by atoms with Crippen molar-refractivity contribution in [3.05, 3.63) is 11.7 Å². The fourth-order valence-electron chi connectivity index (χ4n) is 2.66. The van der Waals surface area contributed by atoms with Crippen LogP contribution < -0.4 is 0 Å². The first-order valence-corrected chi connectivity index (χ1v) is 8.91. The summed E-state index contributed by atoms with van der Waals surface area (Å²) in [5.74, 6) is 1.05. The average molecular weight is 331 g/mol. The van der Waals surface area contributed by atoms with Crippen LogP contribution in [0.5, 0.6) is 0 Å². The third-order valence-electron chi connectivity index (χ3n) is 4.26. The molecule has 0 amide bonds. The molecule has 3 rings (SSSR count). The van der Waals surface area contributed by atoms with Crippen molar-refractivity contribution in [2.45, 2.75) is 43.0 Å². The smallest absolute Gasteiger partial charge is 0.260 e. The van der Waals surface area contributed by atoms with E-state index in [2.05, 4.69) is 10.1 Å². The van der Waals surface area contributed by atoms with E-state index in [1.807, 2.05) is 0 Å². The average Bonchev–Trinajstić information content (AvgIpc) is 3.04. The summed E-state index contributed by atoms with van der Waals surface area (Å²) < 4.78 is 36.2. The fourth-order valence-corrected chi connectivity index (χ4v) is 4.21. The summed E-state index contributed by atoms with van der Waals surface area (Å²) in [5, 5.41) is 13.9. The van der Waals surface area contributed by atoms with Crippen molar-refractivity contribution >= 4 is 10.0 Å². The van der Waals surface area contributed by atoms with Gasteiger partial charge in [-0.1, -0.05) is 5.16 Å². The molecule has 1 saturated heterocycles. The topological polar surface area (TPSA) is 106 Å². The van der Waals surface area contributed by atoms with E-state index in [0.717, 1.165) is 12.8 Å². The number of rotatable bonds is 6. The Morgan fingerprint density at radius 1 is 1.55 bits per heavy atom. The minimum atomic E-state index is -3.52. The van der Waals surface area contributed by atoms with E-state index in [9.17, 15) is 13.5 Å². The Morgan fingerprint density at radius 3 is 2.91 bits per heavy atom. The third kappa shape index (κ3) is 2.78. The Bertz CT molecular complexity index is 642. The van der Waals surface area contributed by atoms with Crippen LogP contribution in [0.2, 0.25) is 0 Å². The lowest BCUT2D eigenvalue weighted by Crippen LogP contribution is -2.40. The van der Waals surface area contributed by atoms with Crippen molar-refractivity contribution in [2.24, 2.45) is 0 Å². The molecule has 2 fully saturated rings. The van der Waals surface area contributed by atoms with Crippen molar-refractivity contribution < 1.29 is 22.8 Å². The van der Waals surface area contributed by atoms with Crippen molar-refractivity contribution in [3.8, 4) is 0 Å². The molecule has 0 bridgehead atoms. The number of aromatic nitrogens is 2. The first-order valence-electron chi connectivity index (χ1n) is 7.41. The molecule has 1 saturated carbocycles. The van der Waals surface area contributed by atoms with Crippen LogP contribution in [0, 0.1) is 0 Å². The molecule has 0 aromatic carbocycles. The lowest BCUT2D eigenvalue weighted by Gasteiger charge is -2.22. The number of β-amino-alcohol motifs (C(OH)–C–C–N with tert-alkyl or cyclic N) is 1. The second kappa shape index (κ2) is 5.55. The van der Waals surface area contributed by atoms with Crippen LogP contribution in [0.3, 0.4) is 0 Å². The van der Waals surface area contributed by atoms with Crippen molar-refractivity contribution in [3.63, 3.8) is 0 Å². The van der Waals surface area contributed by atoms with Gasteiger partial charge < -0.3 is 14.4 Å². The van der Waals surface area contributed by atoms with E-state index < -0.39 is 20.9 Å². The van der Waals surface area contributed by atoms with Gasteiger partial charge in [0, 0.05) is 26.0 Å². The summed E-state index contributed by atoms with van der Waals surface area (Å²) in [6, 6.07) is 0. The van der Waals surface area contributed by atoms with Crippen LogP contribution in [0.4, 0.5) is 0 Å². The van der Waals surface area contributed by atoms with Crippen molar-refractivity contribution in [1.29, 1.82) is 0 Å². The van der Waals surface area contributed by atoms with Crippen molar-refractivity contribution in [2.75, 3.05) is 26.8 Å². The number of ether oxygens (including phenoxy) is 1. The normalized spacial score (nSPS) is 28.1. The van der Waals surface area contributed by atoms with Gasteiger partial charge in [0.25, 0.3) is 5.89 Å². The molecule has 1 aromatic rings. The van der Waals surface area contributed by atoms with Crippen LogP contribution in [-0.4, -0.2) is 60.0 Å². The van der Waals surface area contributed by atoms with Gasteiger partial charge in [-0.25, -0.2) is 8.42 Å². The summed E-state index contributed by atoms with van der Waals surface area (Å²) >= 11 is 0. The second-order valence-electron chi connectivity index (χ2n) is 6.16. The molecule has 0 spiro atoms. The number of hydrogen-bond donors (Lipinski definition) is 1. The minimum absolute atomic E-state index is 0.0598. The van der Waals surface area contributed by atoms with Gasteiger partial charge in [0.15, 0.2) is 11.4 Å². The summed E-state index contributed by atoms with van der Waals surface area (Å²) in [6.07, 6.45) is 2.32. The Kier molecular flexibility index (Phi) is 4.00. The number of hydrogen-bond acceptors (Lipinski definition) is 7. The molecule has 1 aromatic heterocycles. The van der Waals surface area contributed by atoms with Crippen LogP contribution in [0.15, 0.2) is 4.52 Å². The van der Waals surface area contributed by atoms with Gasteiger partial charge in [-0.05, 0) is 19.8 Å². The zero-order valence-corrected chi connectivity index (χ0v) is 13.5. The zero-order valence-electron chi connectivity index (χ0n) is 12.7. The largest absolute Gasteiger partial charge is 0.383 e. The Labute approximate surface area is 129 Å². The van der Waals surface area contributed by atoms with E-state index in [0.29, 0.717) is 11.7 Å². The number of sulfonamides is 1. The maximum atomic E-state index is 12.4. The molecule has 1 aliphatic carbocycles. The predicted octanol–water partition coefficient (Wildman–Crippen LogP) is 0.205. The quantitative estimate of drug-likeness (QED) is 0.794. The first-order chi connectivity index (χ1) is 10.4. The molecule has 124 valence electrons. The highest BCUT2D eigenvalue weighted by Crippen LogP contribution is 2.40. The molecular formula is C13H21N3O5S. The molecule has 0 unspecified atom stereocenters. The van der Waals surface area contributed by atoms with Crippen LogP contribution in [0.25, 0.3) is 0 Å². The molecule has 0 radical (unpaired) electrons. The van der Waals surface area contributed by atoms with Crippen LogP contribution in [-0.2, 0) is 20.4 Å². The summed E-state index contributed by atoms with van der Waals surface area (Å²) in [5.41, 5.74) is -1.40. The van der Waals surface area contributed by atoms with E-state index in [1.54, 1.807) is 6.92 Å². The Morgan fingerprint density at radius 2 is 2.27 bits per heavy atom. The van der Waals surface area contributed by atoms with Gasteiger partial charge in [0.05, 0.1) is 18.4 Å². The van der Waals surface area contributed by atoms with Crippen molar-refractivity contribution in [1.82, 2.24) is 14.4 Å². The highest BCUT2D eigenvalue weighted by atomic mass is 32.2. The highest BCUT2D eigenvalue weighted by Gasteiger charge is 2.48. The molecule has 22 heavy (non-hydrogen) atoms. The number of aliphatic hydroxyl groups is 1. The van der Waals surface area contributed by atoms with Gasteiger partial charge >= 0.3 is 0 Å². The molecule has 2 aliphatic rings. The van der Waals surface area contributed by atoms with Crippen LogP contribution >= 0.6 is 0 Å². The van der Waals surface area contributed by atoms with E-state index in [-0.39, 0.29) is 32.0 Å². The van der Waals surface area contributed by atoms with Gasteiger partial charge in [-0.2, -0.15) is 9.29 Å². The van der Waals surface area contributed by atoms with Gasteiger partial charge in [0.2, 0.25) is 10.0 Å². The molecular weight excluding hydrogens is 310 g/mol. The third-order valence-corrected chi connectivity index (χ3v) is 6.45. The SMILES string of the molecule is COC[C@@H](C)S(=O)(=O)N1CC[C@@](O)(c2nc(C3CC3)no2)C1. The molecule has 2 atom stereocenters. The Hall–Kier alpha value is -1.03. The van der Waals surface area contributed by atoms with E-state index >= 15 is 0 Å². The highest BCUT2D eigenvalue weighted by molar-refractivity contribution is 7.89. The standard InChI is InChI=1S/C13H21N3O5S/c1-9(7-20-2)22(18,19)16-6-5-13(17,8-16)12-14-11(15-21-12)10-3-4-10/h9-10,17H,3-8H2,1-2H3/t9-,13+/m1/s1. The monoisotopic (exact) mass is 331 g/mol. The molecule has 1 aliphatic heterocycles. The molecule has 8 nitrogen and oxygen atoms in total. The maximum absolute atomic E-state index is 12.4. The lowest BCUT2D eigenvalue weighted by atomic mass is 10.0. The fraction of sp³-hybridized carbons (Fsp3) is 0.846. The summed E-state index contributed by atoms with van der Waals surface area (Å²) in [4.78, 5) is 4.25. The molecule has 1 N–H and O–H groups in total. The second-order valence-corrected chi connectivity index (χ2v) is 8.51. The molecule has 2 heterocycles. The Balaban J connectivity index is 1.74. The summed E-state index contributed by atoms with van der Waals surface area (Å²) in [7, 11) is -2.06. The number of methoxy groups -OCH3 is 1.